The number of aromatic nitrogens is 2. The highest BCUT2D eigenvalue weighted by Crippen LogP contribution is 2.43. The fraction of sp³-hybridized carbons (Fsp3) is 0. The minimum atomic E-state index is 1.14. The van der Waals surface area contributed by atoms with Crippen molar-refractivity contribution < 1.29 is 0 Å². The van der Waals surface area contributed by atoms with Gasteiger partial charge in [0.2, 0.25) is 0 Å². The van der Waals surface area contributed by atoms with Crippen LogP contribution in [-0.4, -0.2) is 9.13 Å². The highest BCUT2D eigenvalue weighted by atomic mass is 15.0. The van der Waals surface area contributed by atoms with E-state index >= 15 is 0 Å². The summed E-state index contributed by atoms with van der Waals surface area (Å²) in [7, 11) is 0. The van der Waals surface area contributed by atoms with Crippen molar-refractivity contribution in [1.82, 2.24) is 9.13 Å². The van der Waals surface area contributed by atoms with Gasteiger partial charge in [-0.25, -0.2) is 0 Å². The minimum Gasteiger partial charge on any atom is -0.309 e. The van der Waals surface area contributed by atoms with Gasteiger partial charge in [-0.3, -0.25) is 0 Å². The molecular weight excluding hydrogens is 749 g/mol. The second-order valence-electron chi connectivity index (χ2n) is 16.1. The van der Waals surface area contributed by atoms with Crippen LogP contribution in [0.1, 0.15) is 0 Å². The molecule has 2 heteroatoms. The molecule has 0 bridgehead atoms. The van der Waals surface area contributed by atoms with E-state index < -0.39 is 0 Å². The molecule has 0 atom stereocenters. The molecule has 0 spiro atoms. The van der Waals surface area contributed by atoms with Crippen molar-refractivity contribution in [3.8, 4) is 67.0 Å². The quantitative estimate of drug-likeness (QED) is 0.152. The SMILES string of the molecule is c1ccc(-c2cccc(-c3cccc(-c4ccccc4)c3-c3ccc4c(c3)c3ccccc3n4-c3ccc(-c4ccc(-n5c6ccccc6c6ccccc65)cc4)cc3)c2)cc1. The zero-order chi connectivity index (χ0) is 41.0. The summed E-state index contributed by atoms with van der Waals surface area (Å²) in [6.45, 7) is 0. The molecule has 0 N–H and O–H groups in total. The number of fused-ring (bicyclic) bond motifs is 6. The van der Waals surface area contributed by atoms with E-state index in [0.717, 1.165) is 11.4 Å². The normalized spacial score (nSPS) is 11.5. The van der Waals surface area contributed by atoms with Gasteiger partial charge in [-0.15, -0.1) is 0 Å². The summed E-state index contributed by atoms with van der Waals surface area (Å²) in [5.74, 6) is 0. The minimum absolute atomic E-state index is 1.14. The summed E-state index contributed by atoms with van der Waals surface area (Å²) < 4.78 is 4.78. The van der Waals surface area contributed by atoms with Gasteiger partial charge in [-0.1, -0.05) is 182 Å². The van der Waals surface area contributed by atoms with E-state index in [2.05, 4.69) is 252 Å². The second kappa shape index (κ2) is 14.8. The first-order valence-corrected chi connectivity index (χ1v) is 21.3. The lowest BCUT2D eigenvalue weighted by Crippen LogP contribution is -1.95. The zero-order valence-corrected chi connectivity index (χ0v) is 34.0. The predicted octanol–water partition coefficient (Wildman–Crippen LogP) is 16.2. The van der Waals surface area contributed by atoms with E-state index in [9.17, 15) is 0 Å². The van der Waals surface area contributed by atoms with Gasteiger partial charge in [0.15, 0.2) is 0 Å². The maximum Gasteiger partial charge on any atom is 0.0541 e. The molecule has 10 aromatic carbocycles. The van der Waals surface area contributed by atoms with E-state index in [1.165, 1.54) is 99.2 Å². The largest absolute Gasteiger partial charge is 0.309 e. The number of hydrogen-bond donors (Lipinski definition) is 0. The number of nitrogens with zero attached hydrogens (tertiary/aromatic N) is 2. The van der Waals surface area contributed by atoms with Gasteiger partial charge >= 0.3 is 0 Å². The van der Waals surface area contributed by atoms with Gasteiger partial charge in [0.05, 0.1) is 22.1 Å². The average Bonchev–Trinajstić information content (AvgIpc) is 3.87. The van der Waals surface area contributed by atoms with Crippen molar-refractivity contribution in [2.75, 3.05) is 0 Å². The van der Waals surface area contributed by atoms with Crippen molar-refractivity contribution in [2.45, 2.75) is 0 Å². The molecule has 0 saturated heterocycles. The van der Waals surface area contributed by atoms with Crippen molar-refractivity contribution in [1.29, 1.82) is 0 Å². The summed E-state index contributed by atoms with van der Waals surface area (Å²) in [4.78, 5) is 0. The molecule has 0 unspecified atom stereocenters. The van der Waals surface area contributed by atoms with Gasteiger partial charge < -0.3 is 9.13 Å². The topological polar surface area (TPSA) is 9.86 Å². The molecule has 2 aromatic heterocycles. The third kappa shape index (κ3) is 5.96. The van der Waals surface area contributed by atoms with Crippen molar-refractivity contribution in [3.05, 3.63) is 243 Å². The van der Waals surface area contributed by atoms with Crippen LogP contribution in [0.4, 0.5) is 0 Å². The summed E-state index contributed by atoms with van der Waals surface area (Å²) >= 11 is 0. The Morgan fingerprint density at radius 1 is 0.210 bits per heavy atom. The van der Waals surface area contributed by atoms with Crippen LogP contribution in [-0.2, 0) is 0 Å². The first-order valence-electron chi connectivity index (χ1n) is 21.3. The lowest BCUT2D eigenvalue weighted by atomic mass is 9.86. The molecule has 0 amide bonds. The van der Waals surface area contributed by atoms with Gasteiger partial charge in [-0.05, 0) is 116 Å². The van der Waals surface area contributed by atoms with E-state index in [-0.39, 0.29) is 0 Å². The van der Waals surface area contributed by atoms with Crippen LogP contribution < -0.4 is 0 Å². The van der Waals surface area contributed by atoms with Crippen molar-refractivity contribution >= 4 is 43.6 Å². The van der Waals surface area contributed by atoms with E-state index in [1.807, 2.05) is 0 Å². The number of rotatable bonds is 7. The smallest absolute Gasteiger partial charge is 0.0541 e. The lowest BCUT2D eigenvalue weighted by Gasteiger charge is -2.17. The highest BCUT2D eigenvalue weighted by molar-refractivity contribution is 6.12. The molecule has 0 radical (unpaired) electrons. The fourth-order valence-electron chi connectivity index (χ4n) is 9.67. The van der Waals surface area contributed by atoms with Crippen molar-refractivity contribution in [2.24, 2.45) is 0 Å². The average molecular weight is 789 g/mol. The van der Waals surface area contributed by atoms with E-state index in [0.29, 0.717) is 0 Å². The molecule has 0 aliphatic heterocycles. The number of para-hydroxylation sites is 3. The fourth-order valence-corrected chi connectivity index (χ4v) is 9.67. The summed E-state index contributed by atoms with van der Waals surface area (Å²) in [5, 5.41) is 5.01. The van der Waals surface area contributed by atoms with Crippen LogP contribution in [0.3, 0.4) is 0 Å². The van der Waals surface area contributed by atoms with Crippen LogP contribution in [0, 0.1) is 0 Å². The molecule has 290 valence electrons. The molecule has 0 aliphatic rings. The molecule has 2 nitrogen and oxygen atoms in total. The maximum atomic E-state index is 2.41. The second-order valence-corrected chi connectivity index (χ2v) is 16.1. The molecule has 12 rings (SSSR count). The Kier molecular flexibility index (Phi) is 8.53. The Labute approximate surface area is 360 Å². The van der Waals surface area contributed by atoms with Crippen LogP contribution in [0.2, 0.25) is 0 Å². The third-order valence-electron chi connectivity index (χ3n) is 12.6. The molecule has 62 heavy (non-hydrogen) atoms. The Balaban J connectivity index is 0.947. The molecule has 0 aliphatic carbocycles. The van der Waals surface area contributed by atoms with Gasteiger partial charge in [0.25, 0.3) is 0 Å². The molecule has 2 heterocycles. The third-order valence-corrected chi connectivity index (χ3v) is 12.6. The highest BCUT2D eigenvalue weighted by Gasteiger charge is 2.19. The molecule has 0 saturated carbocycles. The number of benzene rings is 10. The maximum absolute atomic E-state index is 2.41. The molecular formula is C60H40N2. The van der Waals surface area contributed by atoms with Crippen LogP contribution >= 0.6 is 0 Å². The Morgan fingerprint density at radius 2 is 0.597 bits per heavy atom. The summed E-state index contributed by atoms with van der Waals surface area (Å²) in [6, 6.07) is 88.4. The summed E-state index contributed by atoms with van der Waals surface area (Å²) in [5.41, 5.74) is 19.2. The van der Waals surface area contributed by atoms with Crippen molar-refractivity contribution in [3.63, 3.8) is 0 Å². The molecule has 12 aromatic rings. The Morgan fingerprint density at radius 3 is 1.16 bits per heavy atom. The zero-order valence-electron chi connectivity index (χ0n) is 34.0. The van der Waals surface area contributed by atoms with E-state index in [4.69, 9.17) is 0 Å². The Hall–Kier alpha value is -8.20. The van der Waals surface area contributed by atoms with E-state index in [1.54, 1.807) is 0 Å². The summed E-state index contributed by atoms with van der Waals surface area (Å²) in [6.07, 6.45) is 0. The monoisotopic (exact) mass is 788 g/mol. The number of hydrogen-bond acceptors (Lipinski definition) is 0. The van der Waals surface area contributed by atoms with Crippen LogP contribution in [0.5, 0.6) is 0 Å². The predicted molar refractivity (Wildman–Crippen MR) is 262 cm³/mol. The first kappa shape index (κ1) is 35.7. The van der Waals surface area contributed by atoms with Gasteiger partial charge in [0.1, 0.15) is 0 Å². The van der Waals surface area contributed by atoms with Crippen LogP contribution in [0.15, 0.2) is 243 Å². The van der Waals surface area contributed by atoms with Crippen LogP contribution in [0.25, 0.3) is 111 Å². The standard InChI is InChI=1S/C60H40N2/c1-3-15-41(16-4-1)45-19-13-20-46(39-45)51-25-14-24-50(44-17-5-2-6-18-44)60(51)47-33-38-59-55(40-47)54-23-9-12-28-58(54)62(59)49-36-31-43(32-37-49)42-29-34-48(35-30-42)61-56-26-10-7-21-52(56)53-22-8-11-27-57(53)61/h1-40H. The molecule has 0 fully saturated rings. The first-order chi connectivity index (χ1) is 30.8. The Bertz CT molecular complexity index is 3540. The van der Waals surface area contributed by atoms with Gasteiger partial charge in [-0.2, -0.15) is 0 Å². The van der Waals surface area contributed by atoms with Gasteiger partial charge in [0, 0.05) is 32.9 Å². The lowest BCUT2D eigenvalue weighted by molar-refractivity contribution is 1.18.